The lowest BCUT2D eigenvalue weighted by Crippen LogP contribution is -2.39. The van der Waals surface area contributed by atoms with Gasteiger partial charge in [-0.05, 0) is 79.8 Å². The Bertz CT molecular complexity index is 1230. The van der Waals surface area contributed by atoms with Crippen molar-refractivity contribution in [2.45, 2.75) is 63.8 Å². The molecular formula is C31H38N4O2. The number of allylic oxidation sites excluding steroid dienone is 1. The molecule has 3 aromatic rings. The number of aromatic nitrogens is 2. The Morgan fingerprint density at radius 3 is 2.73 bits per heavy atom. The molecule has 6 nitrogen and oxygen atoms in total. The van der Waals surface area contributed by atoms with E-state index in [-0.39, 0.29) is 12.5 Å². The van der Waals surface area contributed by atoms with Gasteiger partial charge in [0.15, 0.2) is 0 Å². The molecule has 3 heterocycles. The minimum atomic E-state index is 0.207. The Balaban J connectivity index is 1.16. The number of hydrogen-bond acceptors (Lipinski definition) is 4. The molecule has 6 heteroatoms. The molecule has 1 fully saturated rings. The molecule has 2 aliphatic rings. The number of carbonyl (C=O) groups excluding carboxylic acids is 1. The SMILES string of the molecule is Nc1ccc(-c2ccc(CCCC(=O)N3CCCC(c4cc5c(n4CCCO)CCC=C5)C3)cc2)cn1. The van der Waals surface area contributed by atoms with Gasteiger partial charge in [0.25, 0.3) is 0 Å². The summed E-state index contributed by atoms with van der Waals surface area (Å²) in [6.07, 6.45) is 13.7. The van der Waals surface area contributed by atoms with Gasteiger partial charge in [-0.25, -0.2) is 4.98 Å². The third-order valence-corrected chi connectivity index (χ3v) is 7.78. The Morgan fingerprint density at radius 2 is 1.95 bits per heavy atom. The molecule has 1 aliphatic carbocycles. The molecule has 1 aromatic carbocycles. The van der Waals surface area contributed by atoms with Crippen molar-refractivity contribution < 1.29 is 9.90 Å². The molecule has 0 bridgehead atoms. The maximum absolute atomic E-state index is 13.1. The van der Waals surface area contributed by atoms with E-state index in [9.17, 15) is 9.90 Å². The molecule has 1 amide bonds. The first-order valence-corrected chi connectivity index (χ1v) is 13.7. The number of likely N-dealkylation sites (tertiary alicyclic amines) is 1. The Hall–Kier alpha value is -3.38. The van der Waals surface area contributed by atoms with E-state index >= 15 is 0 Å². The highest BCUT2D eigenvalue weighted by atomic mass is 16.3. The number of benzene rings is 1. The lowest BCUT2D eigenvalue weighted by atomic mass is 9.93. The molecule has 37 heavy (non-hydrogen) atoms. The van der Waals surface area contributed by atoms with E-state index in [1.165, 1.54) is 22.5 Å². The zero-order chi connectivity index (χ0) is 25.6. The molecule has 0 saturated carbocycles. The van der Waals surface area contributed by atoms with Crippen LogP contribution in [0.4, 0.5) is 5.82 Å². The fourth-order valence-electron chi connectivity index (χ4n) is 5.80. The number of piperidine rings is 1. The molecule has 2 aromatic heterocycles. The molecular weight excluding hydrogens is 460 g/mol. The first-order chi connectivity index (χ1) is 18.1. The third kappa shape index (κ3) is 5.96. The fourth-order valence-corrected chi connectivity index (χ4v) is 5.80. The maximum atomic E-state index is 13.1. The number of amides is 1. The third-order valence-electron chi connectivity index (χ3n) is 7.78. The summed E-state index contributed by atoms with van der Waals surface area (Å²) in [5.74, 6) is 1.16. The van der Waals surface area contributed by atoms with Gasteiger partial charge in [-0.3, -0.25) is 4.79 Å². The summed E-state index contributed by atoms with van der Waals surface area (Å²) >= 11 is 0. The molecule has 0 spiro atoms. The highest BCUT2D eigenvalue weighted by Gasteiger charge is 2.28. The standard InChI is InChI=1S/C31H38N4O2/c32-30-16-15-26(21-33-30)24-13-11-23(12-14-24)6-3-10-31(37)34-17-4-8-27(22-34)29-20-25-7-1-2-9-28(25)35(29)18-5-19-36/h1,7,11-16,20-21,27,36H,2-6,8-10,17-19,22H2,(H2,32,33). The molecule has 194 valence electrons. The summed E-state index contributed by atoms with van der Waals surface area (Å²) < 4.78 is 2.44. The van der Waals surface area contributed by atoms with Crippen LogP contribution in [0, 0.1) is 0 Å². The number of fused-ring (bicyclic) bond motifs is 1. The van der Waals surface area contributed by atoms with Crippen LogP contribution in [0.3, 0.4) is 0 Å². The molecule has 5 rings (SSSR count). The molecule has 1 atom stereocenters. The average molecular weight is 499 g/mol. The van der Waals surface area contributed by atoms with Gasteiger partial charge >= 0.3 is 0 Å². The largest absolute Gasteiger partial charge is 0.396 e. The quantitative estimate of drug-likeness (QED) is 0.425. The van der Waals surface area contributed by atoms with Crippen LogP contribution in [0.15, 0.2) is 54.7 Å². The van der Waals surface area contributed by atoms with Crippen molar-refractivity contribution in [3.8, 4) is 11.1 Å². The first kappa shape index (κ1) is 25.3. The van der Waals surface area contributed by atoms with Crippen molar-refractivity contribution in [3.63, 3.8) is 0 Å². The number of nitrogens with two attached hydrogens (primary N) is 1. The zero-order valence-corrected chi connectivity index (χ0v) is 21.6. The van der Waals surface area contributed by atoms with E-state index in [0.29, 0.717) is 18.2 Å². The lowest BCUT2D eigenvalue weighted by Gasteiger charge is -2.34. The number of pyridine rings is 1. The lowest BCUT2D eigenvalue weighted by molar-refractivity contribution is -0.132. The number of nitrogen functional groups attached to an aromatic ring is 1. The summed E-state index contributed by atoms with van der Waals surface area (Å²) in [6, 6.07) is 14.6. The van der Waals surface area contributed by atoms with Gasteiger partial charge < -0.3 is 20.3 Å². The highest BCUT2D eigenvalue weighted by molar-refractivity contribution is 5.76. The van der Waals surface area contributed by atoms with Crippen molar-refractivity contribution in [2.75, 3.05) is 25.4 Å². The summed E-state index contributed by atoms with van der Waals surface area (Å²) in [5, 5.41) is 9.44. The fraction of sp³-hybridized carbons (Fsp3) is 0.419. The molecule has 0 radical (unpaired) electrons. The van der Waals surface area contributed by atoms with Crippen LogP contribution >= 0.6 is 0 Å². The second-order valence-electron chi connectivity index (χ2n) is 10.3. The number of carbonyl (C=O) groups is 1. The van der Waals surface area contributed by atoms with Crippen LogP contribution in [0.2, 0.25) is 0 Å². The smallest absolute Gasteiger partial charge is 0.222 e. The van der Waals surface area contributed by atoms with Crippen LogP contribution in [-0.4, -0.2) is 45.2 Å². The van der Waals surface area contributed by atoms with Gasteiger partial charge in [-0.2, -0.15) is 0 Å². The molecule has 1 unspecified atom stereocenters. The van der Waals surface area contributed by atoms with Gasteiger partial charge in [0.2, 0.25) is 5.91 Å². The van der Waals surface area contributed by atoms with E-state index < -0.39 is 0 Å². The minimum Gasteiger partial charge on any atom is -0.396 e. The van der Waals surface area contributed by atoms with Crippen molar-refractivity contribution >= 4 is 17.8 Å². The van der Waals surface area contributed by atoms with Crippen molar-refractivity contribution in [1.82, 2.24) is 14.5 Å². The number of aliphatic hydroxyl groups excluding tert-OH is 1. The van der Waals surface area contributed by atoms with E-state index in [1.54, 1.807) is 6.20 Å². The first-order valence-electron chi connectivity index (χ1n) is 13.7. The number of anilines is 1. The molecule has 1 saturated heterocycles. The number of rotatable bonds is 9. The highest BCUT2D eigenvalue weighted by Crippen LogP contribution is 2.33. The normalized spacial score (nSPS) is 17.1. The maximum Gasteiger partial charge on any atom is 0.222 e. The second kappa shape index (κ2) is 11.8. The summed E-state index contributed by atoms with van der Waals surface area (Å²) in [6.45, 7) is 2.72. The van der Waals surface area contributed by atoms with Gasteiger partial charge in [0, 0.05) is 61.7 Å². The Labute approximate surface area is 219 Å². The minimum absolute atomic E-state index is 0.207. The van der Waals surface area contributed by atoms with Gasteiger partial charge in [0.1, 0.15) is 5.82 Å². The van der Waals surface area contributed by atoms with Crippen LogP contribution in [-0.2, 0) is 24.2 Å². The van der Waals surface area contributed by atoms with Gasteiger partial charge in [-0.1, -0.05) is 36.4 Å². The summed E-state index contributed by atoms with van der Waals surface area (Å²) in [5.41, 5.74) is 13.2. The molecule has 1 aliphatic heterocycles. The topological polar surface area (TPSA) is 84.4 Å². The van der Waals surface area contributed by atoms with Crippen LogP contribution in [0.1, 0.15) is 67.0 Å². The van der Waals surface area contributed by atoms with E-state index in [1.807, 2.05) is 12.1 Å². The summed E-state index contributed by atoms with van der Waals surface area (Å²) in [7, 11) is 0. The summed E-state index contributed by atoms with van der Waals surface area (Å²) in [4.78, 5) is 19.4. The number of aliphatic hydroxyl groups is 1. The number of nitrogens with zero attached hydrogens (tertiary/aromatic N) is 3. The Kier molecular flexibility index (Phi) is 8.05. The van der Waals surface area contributed by atoms with E-state index in [2.05, 4.69) is 56.9 Å². The number of hydrogen-bond donors (Lipinski definition) is 2. The predicted molar refractivity (Wildman–Crippen MR) is 149 cm³/mol. The number of aryl methyl sites for hydroxylation is 1. The van der Waals surface area contributed by atoms with Crippen LogP contribution in [0.25, 0.3) is 17.2 Å². The van der Waals surface area contributed by atoms with Crippen molar-refractivity contribution in [3.05, 3.63) is 77.3 Å². The van der Waals surface area contributed by atoms with Crippen molar-refractivity contribution in [1.29, 1.82) is 0 Å². The Morgan fingerprint density at radius 1 is 1.11 bits per heavy atom. The van der Waals surface area contributed by atoms with Gasteiger partial charge in [0.05, 0.1) is 0 Å². The zero-order valence-electron chi connectivity index (χ0n) is 21.6. The monoisotopic (exact) mass is 498 g/mol. The van der Waals surface area contributed by atoms with Crippen LogP contribution in [0.5, 0.6) is 0 Å². The van der Waals surface area contributed by atoms with Gasteiger partial charge in [-0.15, -0.1) is 0 Å². The molecule has 3 N–H and O–H groups in total. The second-order valence-corrected chi connectivity index (χ2v) is 10.3. The van der Waals surface area contributed by atoms with E-state index in [4.69, 9.17) is 5.73 Å². The van der Waals surface area contributed by atoms with E-state index in [0.717, 1.165) is 75.7 Å². The predicted octanol–water partition coefficient (Wildman–Crippen LogP) is 5.20. The average Bonchev–Trinajstić information content (AvgIpc) is 3.31. The van der Waals surface area contributed by atoms with Crippen LogP contribution < -0.4 is 5.73 Å². The van der Waals surface area contributed by atoms with Crippen molar-refractivity contribution in [2.24, 2.45) is 0 Å².